The third-order valence-corrected chi connectivity index (χ3v) is 6.25. The van der Waals surface area contributed by atoms with E-state index in [9.17, 15) is 23.5 Å². The molecule has 1 aliphatic rings. The van der Waals surface area contributed by atoms with Crippen LogP contribution in [-0.2, 0) is 4.79 Å². The third-order valence-electron chi connectivity index (χ3n) is 6.25. The molecule has 1 saturated heterocycles. The highest BCUT2D eigenvalue weighted by Crippen LogP contribution is 2.25. The number of amides is 2. The van der Waals surface area contributed by atoms with Crippen LogP contribution >= 0.6 is 0 Å². The van der Waals surface area contributed by atoms with Crippen molar-refractivity contribution in [1.29, 1.82) is 0 Å². The number of nitrogens with one attached hydrogen (secondary N) is 1. The van der Waals surface area contributed by atoms with Gasteiger partial charge in [-0.1, -0.05) is 44.2 Å². The van der Waals surface area contributed by atoms with Crippen molar-refractivity contribution < 1.29 is 28.2 Å². The van der Waals surface area contributed by atoms with Gasteiger partial charge in [0.15, 0.2) is 23.1 Å². The number of carbonyl (C=O) groups is 2. The van der Waals surface area contributed by atoms with Crippen LogP contribution < -0.4 is 10.1 Å². The second kappa shape index (κ2) is 11.3. The summed E-state index contributed by atoms with van der Waals surface area (Å²) in [6, 6.07) is 10.4. The zero-order chi connectivity index (χ0) is 26.5. The number of benzene rings is 2. The van der Waals surface area contributed by atoms with Crippen LogP contribution in [0.5, 0.6) is 11.5 Å². The number of nitrogens with zero attached hydrogens (tertiary/aromatic N) is 3. The average Bonchev–Trinajstić information content (AvgIpc) is 2.91. The van der Waals surface area contributed by atoms with E-state index >= 15 is 0 Å². The average molecular weight is 511 g/mol. The maximum absolute atomic E-state index is 13.7. The number of halogens is 2. The van der Waals surface area contributed by atoms with Gasteiger partial charge in [0.1, 0.15) is 12.1 Å². The van der Waals surface area contributed by atoms with Crippen molar-refractivity contribution in [2.24, 2.45) is 5.92 Å². The Hall–Kier alpha value is -4.08. The summed E-state index contributed by atoms with van der Waals surface area (Å²) in [6.45, 7) is 4.37. The molecule has 3 aromatic rings. The van der Waals surface area contributed by atoms with Gasteiger partial charge >= 0.3 is 0 Å². The summed E-state index contributed by atoms with van der Waals surface area (Å²) < 4.78 is 33.0. The molecule has 2 heterocycles. The van der Waals surface area contributed by atoms with Gasteiger partial charge in [-0.25, -0.2) is 14.4 Å². The van der Waals surface area contributed by atoms with Crippen LogP contribution in [-0.4, -0.2) is 57.0 Å². The van der Waals surface area contributed by atoms with Crippen molar-refractivity contribution in [3.63, 3.8) is 0 Å². The molecular weight excluding hydrogens is 482 g/mol. The Morgan fingerprint density at radius 2 is 1.70 bits per heavy atom. The number of aromatic hydroxyl groups is 1. The highest BCUT2D eigenvalue weighted by molar-refractivity contribution is 5.99. The van der Waals surface area contributed by atoms with Crippen molar-refractivity contribution in [2.45, 2.75) is 38.8 Å². The highest BCUT2D eigenvalue weighted by atomic mass is 19.2. The van der Waals surface area contributed by atoms with E-state index in [-0.39, 0.29) is 17.9 Å². The van der Waals surface area contributed by atoms with E-state index in [1.165, 1.54) is 0 Å². The summed E-state index contributed by atoms with van der Waals surface area (Å²) in [6.07, 6.45) is 4.29. The fourth-order valence-electron chi connectivity index (χ4n) is 4.15. The molecule has 0 bridgehead atoms. The topological polar surface area (TPSA) is 105 Å². The molecule has 1 atom stereocenters. The van der Waals surface area contributed by atoms with Crippen LogP contribution in [0.15, 0.2) is 54.9 Å². The molecule has 2 N–H and O–H groups in total. The standard InChI is InChI=1S/C27H28F2N4O4/c1-16(2)23(32-26(35)20-8-9-21(28)22(29)24(20)34)27(36)33-12-10-18(11-13-33)37-19-14-30-25(31-15-19)17-6-4-3-5-7-17/h3-9,14-16,18,23,34H,10-13H2,1-2H3,(H,32,35)/t23-/m0/s1. The summed E-state index contributed by atoms with van der Waals surface area (Å²) >= 11 is 0. The Kier molecular flexibility index (Phi) is 7.95. The number of hydrogen-bond acceptors (Lipinski definition) is 6. The molecule has 2 amide bonds. The molecule has 4 rings (SSSR count). The fraction of sp³-hybridized carbons (Fsp3) is 0.333. The van der Waals surface area contributed by atoms with Crippen LogP contribution in [0.25, 0.3) is 11.4 Å². The number of ether oxygens (including phenoxy) is 1. The van der Waals surface area contributed by atoms with Gasteiger partial charge in [0.25, 0.3) is 5.91 Å². The van der Waals surface area contributed by atoms with Gasteiger partial charge in [0.05, 0.1) is 18.0 Å². The number of rotatable bonds is 7. The first-order chi connectivity index (χ1) is 17.7. The van der Waals surface area contributed by atoms with Crippen LogP contribution in [0.4, 0.5) is 8.78 Å². The van der Waals surface area contributed by atoms with Gasteiger partial charge in [-0.3, -0.25) is 9.59 Å². The third kappa shape index (κ3) is 6.02. The van der Waals surface area contributed by atoms with Gasteiger partial charge in [-0.05, 0) is 18.1 Å². The molecule has 0 saturated carbocycles. The zero-order valence-corrected chi connectivity index (χ0v) is 20.5. The Balaban J connectivity index is 1.33. The molecule has 8 nitrogen and oxygen atoms in total. The lowest BCUT2D eigenvalue weighted by Gasteiger charge is -2.35. The SMILES string of the molecule is CC(C)[C@H](NC(=O)c1ccc(F)c(F)c1O)C(=O)N1CCC(Oc2cnc(-c3ccccc3)nc2)CC1. The van der Waals surface area contributed by atoms with E-state index in [0.29, 0.717) is 37.5 Å². The summed E-state index contributed by atoms with van der Waals surface area (Å²) in [5.41, 5.74) is 0.470. The summed E-state index contributed by atoms with van der Waals surface area (Å²) in [5, 5.41) is 12.4. The van der Waals surface area contributed by atoms with Gasteiger partial charge in [0.2, 0.25) is 11.7 Å². The minimum Gasteiger partial charge on any atom is -0.504 e. The first kappa shape index (κ1) is 26.0. The van der Waals surface area contributed by atoms with Crippen LogP contribution in [0.3, 0.4) is 0 Å². The van der Waals surface area contributed by atoms with Crippen LogP contribution in [0, 0.1) is 17.6 Å². The molecule has 10 heteroatoms. The minimum absolute atomic E-state index is 0.124. The van der Waals surface area contributed by atoms with Gasteiger partial charge in [0, 0.05) is 31.5 Å². The van der Waals surface area contributed by atoms with E-state index in [1.54, 1.807) is 31.1 Å². The number of hydrogen-bond donors (Lipinski definition) is 2. The Morgan fingerprint density at radius 1 is 1.05 bits per heavy atom. The van der Waals surface area contributed by atoms with Gasteiger partial charge in [-0.15, -0.1) is 0 Å². The fourth-order valence-corrected chi connectivity index (χ4v) is 4.15. The lowest BCUT2D eigenvalue weighted by Crippen LogP contribution is -2.53. The molecule has 1 fully saturated rings. The second-order valence-electron chi connectivity index (χ2n) is 9.20. The summed E-state index contributed by atoms with van der Waals surface area (Å²) in [7, 11) is 0. The van der Waals surface area contributed by atoms with Crippen molar-refractivity contribution in [1.82, 2.24) is 20.2 Å². The minimum atomic E-state index is -1.51. The molecule has 194 valence electrons. The normalized spacial score (nSPS) is 14.9. The van der Waals surface area contributed by atoms with E-state index in [2.05, 4.69) is 15.3 Å². The van der Waals surface area contributed by atoms with Crippen molar-refractivity contribution in [3.05, 3.63) is 72.1 Å². The summed E-state index contributed by atoms with van der Waals surface area (Å²) in [5.74, 6) is -4.16. The van der Waals surface area contributed by atoms with E-state index in [0.717, 1.165) is 17.7 Å². The first-order valence-electron chi connectivity index (χ1n) is 12.0. The Bertz CT molecular complexity index is 1250. The maximum atomic E-state index is 13.7. The van der Waals surface area contributed by atoms with Crippen LogP contribution in [0.1, 0.15) is 37.0 Å². The molecule has 0 unspecified atom stereocenters. The molecule has 0 aliphatic carbocycles. The lowest BCUT2D eigenvalue weighted by molar-refractivity contribution is -0.136. The Labute approximate surface area is 213 Å². The van der Waals surface area contributed by atoms with E-state index in [4.69, 9.17) is 4.74 Å². The number of phenols is 1. The predicted octanol–water partition coefficient (Wildman–Crippen LogP) is 3.95. The Morgan fingerprint density at radius 3 is 2.32 bits per heavy atom. The molecule has 0 radical (unpaired) electrons. The molecule has 0 spiro atoms. The second-order valence-corrected chi connectivity index (χ2v) is 9.20. The number of carbonyl (C=O) groups excluding carboxylic acids is 2. The molecule has 1 aromatic heterocycles. The lowest BCUT2D eigenvalue weighted by atomic mass is 9.99. The van der Waals surface area contributed by atoms with E-state index < -0.39 is 34.9 Å². The monoisotopic (exact) mass is 510 g/mol. The van der Waals surface area contributed by atoms with Gasteiger partial charge in [-0.2, -0.15) is 4.39 Å². The van der Waals surface area contributed by atoms with E-state index in [1.807, 2.05) is 30.3 Å². The zero-order valence-electron chi connectivity index (χ0n) is 20.5. The van der Waals surface area contributed by atoms with Gasteiger partial charge < -0.3 is 20.1 Å². The van der Waals surface area contributed by atoms with Crippen molar-refractivity contribution >= 4 is 11.8 Å². The van der Waals surface area contributed by atoms with Crippen LogP contribution in [0.2, 0.25) is 0 Å². The largest absolute Gasteiger partial charge is 0.504 e. The van der Waals surface area contributed by atoms with Crippen molar-refractivity contribution in [3.8, 4) is 22.9 Å². The first-order valence-corrected chi connectivity index (χ1v) is 12.0. The molecule has 1 aliphatic heterocycles. The molecular formula is C27H28F2N4O4. The van der Waals surface area contributed by atoms with Crippen molar-refractivity contribution in [2.75, 3.05) is 13.1 Å². The number of likely N-dealkylation sites (tertiary alicyclic amines) is 1. The smallest absolute Gasteiger partial charge is 0.255 e. The predicted molar refractivity (Wildman–Crippen MR) is 132 cm³/mol. The molecule has 37 heavy (non-hydrogen) atoms. The summed E-state index contributed by atoms with van der Waals surface area (Å²) in [4.78, 5) is 36.2. The number of aromatic nitrogens is 2. The molecule has 2 aromatic carbocycles. The number of phenolic OH excluding ortho intramolecular Hbond substituents is 1. The highest BCUT2D eigenvalue weighted by Gasteiger charge is 2.32. The maximum Gasteiger partial charge on any atom is 0.255 e. The quantitative estimate of drug-likeness (QED) is 0.499. The number of piperidine rings is 1.